The minimum absolute atomic E-state index is 0.0978. The van der Waals surface area contributed by atoms with E-state index in [9.17, 15) is 5.11 Å². The molecule has 0 atom stereocenters. The number of anilines is 1. The fourth-order valence-corrected chi connectivity index (χ4v) is 7.06. The summed E-state index contributed by atoms with van der Waals surface area (Å²) in [6.45, 7) is 0. The van der Waals surface area contributed by atoms with Gasteiger partial charge in [-0.2, -0.15) is 0 Å². The Morgan fingerprint density at radius 2 is 1.39 bits per heavy atom. The highest BCUT2D eigenvalue weighted by Gasteiger charge is 2.52. The summed E-state index contributed by atoms with van der Waals surface area (Å²) in [6, 6.07) is 22.2. The molecule has 31 heavy (non-hydrogen) atoms. The summed E-state index contributed by atoms with van der Waals surface area (Å²) in [5.74, 6) is 4.14. The Bertz CT molecular complexity index is 1090. The Kier molecular flexibility index (Phi) is 4.27. The molecule has 0 aliphatic heterocycles. The number of phenolic OH excluding ortho intramolecular Hbond substituents is 1. The second-order valence-corrected chi connectivity index (χ2v) is 10.1. The van der Waals surface area contributed by atoms with Gasteiger partial charge in [0, 0.05) is 17.2 Å². The van der Waals surface area contributed by atoms with Gasteiger partial charge in [0.25, 0.3) is 0 Å². The van der Waals surface area contributed by atoms with Gasteiger partial charge in [0.05, 0.1) is 5.69 Å². The quantitative estimate of drug-likeness (QED) is 0.362. The highest BCUT2D eigenvalue weighted by Crippen LogP contribution is 2.62. The Labute approximate surface area is 183 Å². The molecule has 0 saturated heterocycles. The third-order valence-corrected chi connectivity index (χ3v) is 7.93. The number of phenols is 1. The van der Waals surface area contributed by atoms with Crippen LogP contribution < -0.4 is 10.5 Å². The van der Waals surface area contributed by atoms with Crippen LogP contribution in [0, 0.1) is 17.8 Å². The molecule has 158 valence electrons. The van der Waals surface area contributed by atoms with E-state index in [4.69, 9.17) is 10.5 Å². The minimum atomic E-state index is 0.0978. The molecule has 0 unspecified atom stereocenters. The molecular weight excluding hydrogens is 382 g/mol. The zero-order valence-electron chi connectivity index (χ0n) is 17.8. The van der Waals surface area contributed by atoms with Crippen LogP contribution in [0.25, 0.3) is 11.1 Å². The maximum absolute atomic E-state index is 10.5. The molecule has 4 aliphatic rings. The summed E-state index contributed by atoms with van der Waals surface area (Å²) in [7, 11) is 0. The maximum atomic E-state index is 10.5. The molecule has 3 aromatic carbocycles. The molecule has 0 heterocycles. The predicted octanol–water partition coefficient (Wildman–Crippen LogP) is 6.90. The van der Waals surface area contributed by atoms with Gasteiger partial charge < -0.3 is 15.6 Å². The van der Waals surface area contributed by atoms with Crippen molar-refractivity contribution >= 4 is 5.69 Å². The van der Waals surface area contributed by atoms with Crippen molar-refractivity contribution in [3.63, 3.8) is 0 Å². The summed E-state index contributed by atoms with van der Waals surface area (Å²) in [6.07, 6.45) is 7.83. The summed E-state index contributed by atoms with van der Waals surface area (Å²) < 4.78 is 6.60. The van der Waals surface area contributed by atoms with Crippen LogP contribution in [0.2, 0.25) is 0 Å². The highest BCUT2D eigenvalue weighted by molar-refractivity contribution is 5.71. The molecule has 4 saturated carbocycles. The molecule has 7 rings (SSSR count). The van der Waals surface area contributed by atoms with E-state index in [0.29, 0.717) is 5.69 Å². The van der Waals surface area contributed by atoms with Crippen LogP contribution in [0.4, 0.5) is 5.69 Å². The smallest absolute Gasteiger partial charge is 0.142 e. The molecule has 0 radical (unpaired) electrons. The SMILES string of the molecule is Nc1cc(C23CC4CC(CC(C4)C2)C3)c(Oc2ccccc2-c2ccccc2)cc1O. The molecule has 4 fully saturated rings. The van der Waals surface area contributed by atoms with Gasteiger partial charge in [-0.05, 0) is 79.4 Å². The minimum Gasteiger partial charge on any atom is -0.506 e. The third-order valence-electron chi connectivity index (χ3n) is 7.93. The van der Waals surface area contributed by atoms with E-state index >= 15 is 0 Å². The summed E-state index contributed by atoms with van der Waals surface area (Å²) >= 11 is 0. The van der Waals surface area contributed by atoms with Gasteiger partial charge in [0.2, 0.25) is 0 Å². The number of nitrogen functional groups attached to an aromatic ring is 1. The molecule has 0 aromatic heterocycles. The Morgan fingerprint density at radius 3 is 2.06 bits per heavy atom. The number of nitrogens with two attached hydrogens (primary N) is 1. The van der Waals surface area contributed by atoms with Crippen LogP contribution in [-0.2, 0) is 5.41 Å². The van der Waals surface area contributed by atoms with Crippen molar-refractivity contribution in [3.05, 3.63) is 72.3 Å². The van der Waals surface area contributed by atoms with Crippen molar-refractivity contribution in [1.82, 2.24) is 0 Å². The van der Waals surface area contributed by atoms with Crippen molar-refractivity contribution in [1.29, 1.82) is 0 Å². The summed E-state index contributed by atoms with van der Waals surface area (Å²) in [5.41, 5.74) is 10.2. The van der Waals surface area contributed by atoms with Gasteiger partial charge in [-0.15, -0.1) is 0 Å². The average molecular weight is 412 g/mol. The largest absolute Gasteiger partial charge is 0.506 e. The van der Waals surface area contributed by atoms with Crippen molar-refractivity contribution in [3.8, 4) is 28.4 Å². The first kappa shape index (κ1) is 18.8. The average Bonchev–Trinajstić information content (AvgIpc) is 2.76. The van der Waals surface area contributed by atoms with E-state index in [-0.39, 0.29) is 11.2 Å². The first-order valence-corrected chi connectivity index (χ1v) is 11.5. The topological polar surface area (TPSA) is 55.5 Å². The van der Waals surface area contributed by atoms with Crippen LogP contribution in [0.15, 0.2) is 66.7 Å². The first-order valence-electron chi connectivity index (χ1n) is 11.5. The first-order chi connectivity index (χ1) is 15.1. The number of rotatable bonds is 4. The molecule has 0 spiro atoms. The van der Waals surface area contributed by atoms with E-state index < -0.39 is 0 Å². The van der Waals surface area contributed by atoms with Gasteiger partial charge in [0.1, 0.15) is 17.2 Å². The third kappa shape index (κ3) is 3.18. The second-order valence-electron chi connectivity index (χ2n) is 10.1. The van der Waals surface area contributed by atoms with Gasteiger partial charge in [-0.25, -0.2) is 0 Å². The van der Waals surface area contributed by atoms with Crippen LogP contribution in [0.1, 0.15) is 44.1 Å². The fraction of sp³-hybridized carbons (Fsp3) is 0.357. The number of para-hydroxylation sites is 1. The lowest BCUT2D eigenvalue weighted by Crippen LogP contribution is -2.48. The molecule has 3 nitrogen and oxygen atoms in total. The lowest BCUT2D eigenvalue weighted by molar-refractivity contribution is -0.00596. The normalized spacial score (nSPS) is 28.6. The standard InChI is InChI=1S/C28H29NO2/c29-24-13-23(28-15-18-10-19(16-28)12-20(11-18)17-28)27(14-25(24)30)31-26-9-5-4-8-22(26)21-6-2-1-3-7-21/h1-9,13-14,18-20,30H,10-12,15-17,29H2. The van der Waals surface area contributed by atoms with E-state index in [0.717, 1.165) is 40.4 Å². The van der Waals surface area contributed by atoms with E-state index in [2.05, 4.69) is 18.2 Å². The summed E-state index contributed by atoms with van der Waals surface area (Å²) in [4.78, 5) is 0. The molecule has 3 heteroatoms. The zero-order valence-corrected chi connectivity index (χ0v) is 17.8. The van der Waals surface area contributed by atoms with Gasteiger partial charge >= 0.3 is 0 Å². The monoisotopic (exact) mass is 411 g/mol. The Hall–Kier alpha value is -2.94. The van der Waals surface area contributed by atoms with E-state index in [1.54, 1.807) is 6.07 Å². The Morgan fingerprint density at radius 1 is 0.774 bits per heavy atom. The lowest BCUT2D eigenvalue weighted by atomic mass is 9.48. The maximum Gasteiger partial charge on any atom is 0.142 e. The van der Waals surface area contributed by atoms with E-state index in [1.807, 2.05) is 42.5 Å². The van der Waals surface area contributed by atoms with Crippen molar-refractivity contribution < 1.29 is 9.84 Å². The van der Waals surface area contributed by atoms with Crippen LogP contribution in [0.3, 0.4) is 0 Å². The molecule has 4 aliphatic carbocycles. The lowest BCUT2D eigenvalue weighted by Gasteiger charge is -2.57. The molecule has 3 N–H and O–H groups in total. The van der Waals surface area contributed by atoms with Crippen molar-refractivity contribution in [2.45, 2.75) is 43.9 Å². The molecule has 4 bridgehead atoms. The number of aromatic hydroxyl groups is 1. The van der Waals surface area contributed by atoms with Gasteiger partial charge in [-0.3, -0.25) is 0 Å². The van der Waals surface area contributed by atoms with Crippen molar-refractivity contribution in [2.24, 2.45) is 17.8 Å². The van der Waals surface area contributed by atoms with E-state index in [1.165, 1.54) is 44.1 Å². The van der Waals surface area contributed by atoms with Gasteiger partial charge in [0.15, 0.2) is 0 Å². The van der Waals surface area contributed by atoms with Crippen LogP contribution >= 0.6 is 0 Å². The molecule has 3 aromatic rings. The zero-order chi connectivity index (χ0) is 21.0. The Balaban J connectivity index is 1.44. The second kappa shape index (κ2) is 7.05. The van der Waals surface area contributed by atoms with Crippen molar-refractivity contribution in [2.75, 3.05) is 5.73 Å². The highest BCUT2D eigenvalue weighted by atomic mass is 16.5. The molecular formula is C28H29NO2. The van der Waals surface area contributed by atoms with Gasteiger partial charge in [-0.1, -0.05) is 48.5 Å². The predicted molar refractivity (Wildman–Crippen MR) is 124 cm³/mol. The fourth-order valence-electron chi connectivity index (χ4n) is 7.06. The number of ether oxygens (including phenoxy) is 1. The van der Waals surface area contributed by atoms with Crippen LogP contribution in [0.5, 0.6) is 17.2 Å². The number of benzene rings is 3. The summed E-state index contributed by atoms with van der Waals surface area (Å²) in [5, 5.41) is 10.5. The number of hydrogen-bond donors (Lipinski definition) is 2. The van der Waals surface area contributed by atoms with Crippen LogP contribution in [-0.4, -0.2) is 5.11 Å². The molecule has 0 amide bonds. The number of hydrogen-bond acceptors (Lipinski definition) is 3.